The molecule has 0 fully saturated rings. The number of hydrogen-bond donors (Lipinski definition) is 2. The van der Waals surface area contributed by atoms with Gasteiger partial charge in [0.25, 0.3) is 5.91 Å². The maximum atomic E-state index is 12.5. The number of aromatic nitrogens is 4. The van der Waals surface area contributed by atoms with Gasteiger partial charge in [0, 0.05) is 12.2 Å². The standard InChI is InChI=1S/C24H24N6O/c1-16-12-23(25)27-17(2)21(16)13-26-24(31)22-15-30(29-28-22)14-18-8-10-20(11-9-18)19-6-4-3-5-7-19/h3-12,15H,13-14H2,1-2H3,(H2,25,27)(H,26,31). The van der Waals surface area contributed by atoms with Crippen molar-refractivity contribution in [3.8, 4) is 11.1 Å². The van der Waals surface area contributed by atoms with Gasteiger partial charge in [0.05, 0.1) is 12.7 Å². The lowest BCUT2D eigenvalue weighted by Gasteiger charge is -2.10. The van der Waals surface area contributed by atoms with Gasteiger partial charge in [-0.1, -0.05) is 59.8 Å². The second-order valence-electron chi connectivity index (χ2n) is 7.47. The molecule has 0 aliphatic heterocycles. The molecule has 0 saturated carbocycles. The van der Waals surface area contributed by atoms with Gasteiger partial charge in [-0.05, 0) is 47.7 Å². The number of hydrogen-bond acceptors (Lipinski definition) is 5. The van der Waals surface area contributed by atoms with Crippen molar-refractivity contribution in [2.75, 3.05) is 5.73 Å². The highest BCUT2D eigenvalue weighted by molar-refractivity contribution is 5.91. The summed E-state index contributed by atoms with van der Waals surface area (Å²) in [5.74, 6) is 0.200. The summed E-state index contributed by atoms with van der Waals surface area (Å²) in [5, 5.41) is 11.0. The van der Waals surface area contributed by atoms with Crippen LogP contribution < -0.4 is 11.1 Å². The molecule has 2 aromatic heterocycles. The molecule has 0 atom stereocenters. The number of carbonyl (C=O) groups is 1. The third-order valence-corrected chi connectivity index (χ3v) is 5.18. The van der Waals surface area contributed by atoms with Crippen LogP contribution in [-0.4, -0.2) is 25.9 Å². The first kappa shape index (κ1) is 20.3. The molecule has 1 amide bonds. The molecule has 31 heavy (non-hydrogen) atoms. The van der Waals surface area contributed by atoms with Crippen LogP contribution in [0, 0.1) is 13.8 Å². The molecule has 0 aliphatic carbocycles. The van der Waals surface area contributed by atoms with E-state index in [1.54, 1.807) is 16.9 Å². The van der Waals surface area contributed by atoms with Crippen LogP contribution in [0.2, 0.25) is 0 Å². The fourth-order valence-electron chi connectivity index (χ4n) is 3.51. The third kappa shape index (κ3) is 4.78. The molecule has 2 aromatic carbocycles. The van der Waals surface area contributed by atoms with Crippen LogP contribution in [0.5, 0.6) is 0 Å². The summed E-state index contributed by atoms with van der Waals surface area (Å²) in [7, 11) is 0. The van der Waals surface area contributed by atoms with Gasteiger partial charge in [-0.15, -0.1) is 5.10 Å². The van der Waals surface area contributed by atoms with E-state index in [9.17, 15) is 4.79 Å². The van der Waals surface area contributed by atoms with E-state index in [4.69, 9.17) is 5.73 Å². The van der Waals surface area contributed by atoms with Crippen LogP contribution >= 0.6 is 0 Å². The minimum atomic E-state index is -0.277. The monoisotopic (exact) mass is 412 g/mol. The lowest BCUT2D eigenvalue weighted by Crippen LogP contribution is -2.24. The van der Waals surface area contributed by atoms with Crippen molar-refractivity contribution in [1.82, 2.24) is 25.3 Å². The van der Waals surface area contributed by atoms with Crippen LogP contribution in [0.1, 0.15) is 32.9 Å². The maximum Gasteiger partial charge on any atom is 0.273 e. The largest absolute Gasteiger partial charge is 0.384 e. The SMILES string of the molecule is Cc1cc(N)nc(C)c1CNC(=O)c1cn(Cc2ccc(-c3ccccc3)cc2)nn1. The summed E-state index contributed by atoms with van der Waals surface area (Å²) in [6.45, 7) is 4.73. The van der Waals surface area contributed by atoms with E-state index in [1.165, 1.54) is 5.56 Å². The topological polar surface area (TPSA) is 98.7 Å². The number of anilines is 1. The summed E-state index contributed by atoms with van der Waals surface area (Å²) in [6, 6.07) is 20.3. The summed E-state index contributed by atoms with van der Waals surface area (Å²) < 4.78 is 1.66. The Balaban J connectivity index is 1.38. The molecule has 0 saturated heterocycles. The smallest absolute Gasteiger partial charge is 0.273 e. The van der Waals surface area contributed by atoms with Crippen molar-refractivity contribution < 1.29 is 4.79 Å². The maximum absolute atomic E-state index is 12.5. The second-order valence-corrected chi connectivity index (χ2v) is 7.47. The van der Waals surface area contributed by atoms with E-state index in [2.05, 4.69) is 57.0 Å². The highest BCUT2D eigenvalue weighted by atomic mass is 16.2. The Kier molecular flexibility index (Phi) is 5.75. The number of aryl methyl sites for hydroxylation is 2. The van der Waals surface area contributed by atoms with Crippen LogP contribution in [0.15, 0.2) is 66.9 Å². The molecule has 7 heteroatoms. The van der Waals surface area contributed by atoms with Gasteiger partial charge in [0.2, 0.25) is 0 Å². The number of pyridine rings is 1. The first-order valence-electron chi connectivity index (χ1n) is 10.0. The molecule has 0 radical (unpaired) electrons. The first-order chi connectivity index (χ1) is 15.0. The Morgan fingerprint density at radius 2 is 1.74 bits per heavy atom. The van der Waals surface area contributed by atoms with Crippen molar-refractivity contribution >= 4 is 11.7 Å². The van der Waals surface area contributed by atoms with E-state index in [0.717, 1.165) is 27.9 Å². The fourth-order valence-corrected chi connectivity index (χ4v) is 3.51. The van der Waals surface area contributed by atoms with Gasteiger partial charge >= 0.3 is 0 Å². The highest BCUT2D eigenvalue weighted by Gasteiger charge is 2.13. The lowest BCUT2D eigenvalue weighted by atomic mass is 10.0. The van der Waals surface area contributed by atoms with Gasteiger partial charge in [-0.25, -0.2) is 9.67 Å². The molecule has 2 heterocycles. The van der Waals surface area contributed by atoms with Gasteiger partial charge < -0.3 is 11.1 Å². The highest BCUT2D eigenvalue weighted by Crippen LogP contribution is 2.19. The number of amides is 1. The number of nitrogens with two attached hydrogens (primary N) is 1. The number of benzene rings is 2. The van der Waals surface area contributed by atoms with E-state index in [1.807, 2.05) is 32.0 Å². The third-order valence-electron chi connectivity index (χ3n) is 5.18. The van der Waals surface area contributed by atoms with Crippen LogP contribution in [0.25, 0.3) is 11.1 Å². The van der Waals surface area contributed by atoms with Crippen molar-refractivity contribution in [3.63, 3.8) is 0 Å². The quantitative estimate of drug-likeness (QED) is 0.505. The molecule has 0 aliphatic rings. The Bertz CT molecular complexity index is 1180. The zero-order chi connectivity index (χ0) is 21.8. The molecular formula is C24H24N6O. The molecule has 7 nitrogen and oxygen atoms in total. The Hall–Kier alpha value is -4.00. The van der Waals surface area contributed by atoms with E-state index in [0.29, 0.717) is 18.9 Å². The minimum absolute atomic E-state index is 0.277. The van der Waals surface area contributed by atoms with Crippen molar-refractivity contribution in [2.24, 2.45) is 0 Å². The van der Waals surface area contributed by atoms with Crippen molar-refractivity contribution in [1.29, 1.82) is 0 Å². The zero-order valence-corrected chi connectivity index (χ0v) is 17.5. The van der Waals surface area contributed by atoms with Gasteiger partial charge in [-0.3, -0.25) is 4.79 Å². The average Bonchev–Trinajstić information content (AvgIpc) is 3.22. The number of nitrogens with zero attached hydrogens (tertiary/aromatic N) is 4. The van der Waals surface area contributed by atoms with E-state index < -0.39 is 0 Å². The molecule has 156 valence electrons. The number of carbonyl (C=O) groups excluding carboxylic acids is 1. The fraction of sp³-hybridized carbons (Fsp3) is 0.167. The normalized spacial score (nSPS) is 10.8. The van der Waals surface area contributed by atoms with E-state index >= 15 is 0 Å². The van der Waals surface area contributed by atoms with Crippen LogP contribution in [0.4, 0.5) is 5.82 Å². The average molecular weight is 412 g/mol. The molecular weight excluding hydrogens is 388 g/mol. The number of rotatable bonds is 6. The number of nitrogens with one attached hydrogen (secondary N) is 1. The molecule has 3 N–H and O–H groups in total. The van der Waals surface area contributed by atoms with Crippen molar-refractivity contribution in [3.05, 3.63) is 94.9 Å². The molecule has 4 aromatic rings. The van der Waals surface area contributed by atoms with Crippen LogP contribution in [0.3, 0.4) is 0 Å². The minimum Gasteiger partial charge on any atom is -0.384 e. The van der Waals surface area contributed by atoms with E-state index in [-0.39, 0.29) is 11.6 Å². The Morgan fingerprint density at radius 1 is 1.03 bits per heavy atom. The van der Waals surface area contributed by atoms with Gasteiger partial charge in [-0.2, -0.15) is 0 Å². The Morgan fingerprint density at radius 3 is 2.45 bits per heavy atom. The molecule has 0 bridgehead atoms. The number of nitrogen functional groups attached to an aromatic ring is 1. The lowest BCUT2D eigenvalue weighted by molar-refractivity contribution is 0.0945. The zero-order valence-electron chi connectivity index (χ0n) is 17.5. The summed E-state index contributed by atoms with van der Waals surface area (Å²) in [5.41, 5.74) is 12.2. The summed E-state index contributed by atoms with van der Waals surface area (Å²) in [6.07, 6.45) is 1.65. The summed E-state index contributed by atoms with van der Waals surface area (Å²) in [4.78, 5) is 16.8. The Labute approximate surface area is 180 Å². The molecule has 0 spiro atoms. The van der Waals surface area contributed by atoms with Crippen molar-refractivity contribution in [2.45, 2.75) is 26.9 Å². The van der Waals surface area contributed by atoms with Gasteiger partial charge in [0.15, 0.2) is 5.69 Å². The molecule has 0 unspecified atom stereocenters. The van der Waals surface area contributed by atoms with Gasteiger partial charge in [0.1, 0.15) is 5.82 Å². The predicted octanol–water partition coefficient (Wildman–Crippen LogP) is 3.52. The first-order valence-corrected chi connectivity index (χ1v) is 10.0. The molecule has 4 rings (SSSR count). The van der Waals surface area contributed by atoms with Crippen LogP contribution in [-0.2, 0) is 13.1 Å². The predicted molar refractivity (Wildman–Crippen MR) is 120 cm³/mol. The second kappa shape index (κ2) is 8.79. The summed E-state index contributed by atoms with van der Waals surface area (Å²) >= 11 is 0.